The highest BCUT2D eigenvalue weighted by atomic mass is 19.2. The topological polar surface area (TPSA) is 57.5 Å². The summed E-state index contributed by atoms with van der Waals surface area (Å²) >= 11 is 0. The van der Waals surface area contributed by atoms with Crippen LogP contribution in [0.2, 0.25) is 0 Å². The number of carboxylic acids is 1. The van der Waals surface area contributed by atoms with Crippen LogP contribution in [0.25, 0.3) is 0 Å². The van der Waals surface area contributed by atoms with E-state index in [9.17, 15) is 18.0 Å². The average molecular weight is 234 g/mol. The third kappa shape index (κ3) is 2.26. The van der Waals surface area contributed by atoms with Gasteiger partial charge in [-0.25, -0.2) is 13.2 Å². The number of phenols is 1. The van der Waals surface area contributed by atoms with Crippen molar-refractivity contribution in [2.75, 3.05) is 0 Å². The fourth-order valence-corrected chi connectivity index (χ4v) is 1.22. The number of phenolic OH excluding ortho intramolecular Hbond substituents is 1. The predicted octanol–water partition coefficient (Wildman–Crippen LogP) is 2.07. The molecule has 1 aromatic carbocycles. The highest BCUT2D eigenvalue weighted by Crippen LogP contribution is 2.28. The zero-order chi connectivity index (χ0) is 12.5. The molecule has 0 aliphatic carbocycles. The van der Waals surface area contributed by atoms with Gasteiger partial charge in [0, 0.05) is 11.6 Å². The van der Waals surface area contributed by atoms with Crippen LogP contribution < -0.4 is 0 Å². The summed E-state index contributed by atoms with van der Waals surface area (Å²) in [4.78, 5) is 10.5. The number of halogens is 3. The Bertz CT molecular complexity index is 406. The molecule has 0 spiro atoms. The fraction of sp³-hybridized carbons (Fsp3) is 0.300. The quantitative estimate of drug-likeness (QED) is 0.787. The lowest BCUT2D eigenvalue weighted by Gasteiger charge is -2.10. The molecule has 0 radical (unpaired) electrons. The molecule has 0 aliphatic heterocycles. The van der Waals surface area contributed by atoms with Crippen molar-refractivity contribution in [2.45, 2.75) is 13.3 Å². The van der Waals surface area contributed by atoms with Gasteiger partial charge >= 0.3 is 5.97 Å². The van der Waals surface area contributed by atoms with Crippen molar-refractivity contribution in [1.82, 2.24) is 0 Å². The third-order valence-electron chi connectivity index (χ3n) is 2.17. The Balaban J connectivity index is 3.17. The molecule has 1 aromatic rings. The van der Waals surface area contributed by atoms with Gasteiger partial charge in [-0.1, -0.05) is 6.92 Å². The molecule has 1 unspecified atom stereocenters. The van der Waals surface area contributed by atoms with Crippen LogP contribution in [0.4, 0.5) is 13.2 Å². The maximum absolute atomic E-state index is 13.2. The summed E-state index contributed by atoms with van der Waals surface area (Å²) in [6.07, 6.45) is -0.484. The van der Waals surface area contributed by atoms with Gasteiger partial charge in [0.05, 0.1) is 5.92 Å². The van der Waals surface area contributed by atoms with Gasteiger partial charge in [-0.05, 0) is 6.42 Å². The number of aliphatic carboxylic acids is 1. The van der Waals surface area contributed by atoms with Crippen LogP contribution in [-0.4, -0.2) is 16.2 Å². The zero-order valence-corrected chi connectivity index (χ0v) is 8.30. The maximum atomic E-state index is 13.2. The molecule has 2 N–H and O–H groups in total. The van der Waals surface area contributed by atoms with Gasteiger partial charge in [-0.2, -0.15) is 0 Å². The van der Waals surface area contributed by atoms with Crippen LogP contribution in [0, 0.1) is 23.4 Å². The summed E-state index contributed by atoms with van der Waals surface area (Å²) in [5.74, 6) is -7.54. The molecule has 0 heterocycles. The number of rotatable bonds is 3. The first-order valence-corrected chi connectivity index (χ1v) is 4.42. The van der Waals surface area contributed by atoms with E-state index in [1.165, 1.54) is 6.92 Å². The third-order valence-corrected chi connectivity index (χ3v) is 2.17. The molecular formula is C10H9F3O3. The van der Waals surface area contributed by atoms with E-state index < -0.39 is 47.1 Å². The zero-order valence-electron chi connectivity index (χ0n) is 8.30. The normalized spacial score (nSPS) is 12.5. The van der Waals surface area contributed by atoms with E-state index in [2.05, 4.69) is 0 Å². The van der Waals surface area contributed by atoms with Gasteiger partial charge in [-0.3, -0.25) is 4.79 Å². The number of hydrogen-bond donors (Lipinski definition) is 2. The second kappa shape index (κ2) is 4.42. The Morgan fingerprint density at radius 3 is 2.44 bits per heavy atom. The van der Waals surface area contributed by atoms with Crippen LogP contribution >= 0.6 is 0 Å². The van der Waals surface area contributed by atoms with E-state index in [0.717, 1.165) is 0 Å². The maximum Gasteiger partial charge on any atom is 0.306 e. The summed E-state index contributed by atoms with van der Waals surface area (Å²) in [6.45, 7) is 1.24. The molecule has 0 saturated carbocycles. The van der Waals surface area contributed by atoms with Crippen molar-refractivity contribution in [3.05, 3.63) is 29.1 Å². The molecule has 0 amide bonds. The lowest BCUT2D eigenvalue weighted by atomic mass is 9.99. The molecule has 0 fully saturated rings. The Morgan fingerprint density at radius 1 is 1.38 bits per heavy atom. The molecular weight excluding hydrogens is 225 g/mol. The summed E-state index contributed by atoms with van der Waals surface area (Å²) < 4.78 is 38.8. The van der Waals surface area contributed by atoms with E-state index >= 15 is 0 Å². The Labute approximate surface area is 89.1 Å². The number of carboxylic acid groups (broad SMARTS) is 1. The van der Waals surface area contributed by atoms with E-state index in [4.69, 9.17) is 10.2 Å². The number of benzene rings is 1. The Hall–Kier alpha value is -1.72. The van der Waals surface area contributed by atoms with E-state index in [1.807, 2.05) is 0 Å². The summed E-state index contributed by atoms with van der Waals surface area (Å²) in [5, 5.41) is 17.7. The SMILES string of the molecule is CC(Cc1c(O)c(F)cc(F)c1F)C(=O)O. The molecule has 6 heteroatoms. The van der Waals surface area contributed by atoms with E-state index in [1.54, 1.807) is 0 Å². The fourth-order valence-electron chi connectivity index (χ4n) is 1.22. The minimum absolute atomic E-state index is 0.208. The summed E-state index contributed by atoms with van der Waals surface area (Å²) in [5.41, 5.74) is -0.660. The first-order chi connectivity index (χ1) is 7.34. The second-order valence-corrected chi connectivity index (χ2v) is 3.42. The van der Waals surface area contributed by atoms with Crippen molar-refractivity contribution in [3.8, 4) is 5.75 Å². The molecule has 0 saturated heterocycles. The molecule has 88 valence electrons. The minimum Gasteiger partial charge on any atom is -0.505 e. The highest BCUT2D eigenvalue weighted by molar-refractivity contribution is 5.70. The largest absolute Gasteiger partial charge is 0.505 e. The van der Waals surface area contributed by atoms with Crippen molar-refractivity contribution < 1.29 is 28.2 Å². The van der Waals surface area contributed by atoms with Crippen LogP contribution in [0.15, 0.2) is 6.07 Å². The van der Waals surface area contributed by atoms with Gasteiger partial charge in [0.2, 0.25) is 0 Å². The van der Waals surface area contributed by atoms with Crippen LogP contribution in [0.5, 0.6) is 5.75 Å². The summed E-state index contributed by atoms with van der Waals surface area (Å²) in [7, 11) is 0. The van der Waals surface area contributed by atoms with Crippen molar-refractivity contribution in [1.29, 1.82) is 0 Å². The monoisotopic (exact) mass is 234 g/mol. The van der Waals surface area contributed by atoms with Crippen molar-refractivity contribution >= 4 is 5.97 Å². The summed E-state index contributed by atoms with van der Waals surface area (Å²) in [6, 6.07) is 0.208. The van der Waals surface area contributed by atoms with Gasteiger partial charge in [0.1, 0.15) is 0 Å². The lowest BCUT2D eigenvalue weighted by Crippen LogP contribution is -2.14. The van der Waals surface area contributed by atoms with Crippen LogP contribution in [0.1, 0.15) is 12.5 Å². The van der Waals surface area contributed by atoms with E-state index in [0.29, 0.717) is 0 Å². The predicted molar refractivity (Wildman–Crippen MR) is 48.5 cm³/mol. The number of aromatic hydroxyl groups is 1. The number of hydrogen-bond acceptors (Lipinski definition) is 2. The van der Waals surface area contributed by atoms with E-state index in [-0.39, 0.29) is 6.07 Å². The molecule has 0 bridgehead atoms. The van der Waals surface area contributed by atoms with Gasteiger partial charge in [-0.15, -0.1) is 0 Å². The van der Waals surface area contributed by atoms with Crippen molar-refractivity contribution in [2.24, 2.45) is 5.92 Å². The molecule has 0 aliphatic rings. The number of carbonyl (C=O) groups is 1. The second-order valence-electron chi connectivity index (χ2n) is 3.42. The Morgan fingerprint density at radius 2 is 1.94 bits per heavy atom. The standard InChI is InChI=1S/C10H9F3O3/c1-4(10(15)16)2-5-8(13)6(11)3-7(12)9(5)14/h3-4,14H,2H2,1H3,(H,15,16). The van der Waals surface area contributed by atoms with Gasteiger partial charge < -0.3 is 10.2 Å². The Kier molecular flexibility index (Phi) is 3.41. The smallest absolute Gasteiger partial charge is 0.306 e. The minimum atomic E-state index is -1.46. The lowest BCUT2D eigenvalue weighted by molar-refractivity contribution is -0.141. The van der Waals surface area contributed by atoms with Crippen LogP contribution in [-0.2, 0) is 11.2 Å². The van der Waals surface area contributed by atoms with Gasteiger partial charge in [0.15, 0.2) is 23.2 Å². The highest BCUT2D eigenvalue weighted by Gasteiger charge is 2.22. The molecule has 16 heavy (non-hydrogen) atoms. The molecule has 0 aromatic heterocycles. The van der Waals surface area contributed by atoms with Crippen molar-refractivity contribution in [3.63, 3.8) is 0 Å². The molecule has 3 nitrogen and oxygen atoms in total. The first kappa shape index (κ1) is 12.4. The molecule has 1 atom stereocenters. The first-order valence-electron chi connectivity index (χ1n) is 4.42. The molecule has 1 rings (SSSR count). The van der Waals surface area contributed by atoms with Crippen LogP contribution in [0.3, 0.4) is 0 Å². The van der Waals surface area contributed by atoms with Gasteiger partial charge in [0.25, 0.3) is 0 Å². The average Bonchev–Trinajstić information content (AvgIpc) is 2.21.